The summed E-state index contributed by atoms with van der Waals surface area (Å²) in [4.78, 5) is 19.2. The maximum Gasteiger partial charge on any atom is 0.254 e. The van der Waals surface area contributed by atoms with Crippen LogP contribution in [0.2, 0.25) is 0 Å². The van der Waals surface area contributed by atoms with E-state index in [0.29, 0.717) is 30.8 Å². The number of nitrogens with two attached hydrogens (primary N) is 1. The molecule has 0 bridgehead atoms. The first kappa shape index (κ1) is 12.5. The topological polar surface area (TPSA) is 71.8 Å². The summed E-state index contributed by atoms with van der Waals surface area (Å²) >= 11 is 0. The van der Waals surface area contributed by atoms with Crippen molar-refractivity contribution >= 4 is 0 Å². The van der Waals surface area contributed by atoms with Gasteiger partial charge in [-0.3, -0.25) is 4.79 Å². The number of aromatic amines is 1. The lowest BCUT2D eigenvalue weighted by atomic mass is 10.1. The summed E-state index contributed by atoms with van der Waals surface area (Å²) < 4.78 is 0. The molecule has 4 nitrogen and oxygen atoms in total. The zero-order valence-corrected chi connectivity index (χ0v) is 10.4. The first-order valence-electron chi connectivity index (χ1n) is 6.03. The SMILES string of the molecule is Cc1nc(Cc2ccccc2)[nH]c(=O)c1CCN. The number of rotatable bonds is 4. The summed E-state index contributed by atoms with van der Waals surface area (Å²) in [6, 6.07) is 9.95. The van der Waals surface area contributed by atoms with Crippen LogP contribution < -0.4 is 11.3 Å². The van der Waals surface area contributed by atoms with Gasteiger partial charge in [0.25, 0.3) is 5.56 Å². The lowest BCUT2D eigenvalue weighted by Crippen LogP contribution is -2.21. The highest BCUT2D eigenvalue weighted by Gasteiger charge is 2.07. The molecular weight excluding hydrogens is 226 g/mol. The third kappa shape index (κ3) is 2.84. The van der Waals surface area contributed by atoms with Crippen molar-refractivity contribution in [3.05, 3.63) is 63.3 Å². The monoisotopic (exact) mass is 243 g/mol. The van der Waals surface area contributed by atoms with Gasteiger partial charge in [-0.1, -0.05) is 30.3 Å². The third-order valence-corrected chi connectivity index (χ3v) is 2.88. The van der Waals surface area contributed by atoms with Gasteiger partial charge in [0.1, 0.15) is 5.82 Å². The summed E-state index contributed by atoms with van der Waals surface area (Å²) in [5.74, 6) is 0.699. The molecule has 0 fully saturated rings. The molecule has 0 amide bonds. The molecule has 1 aromatic carbocycles. The van der Waals surface area contributed by atoms with E-state index < -0.39 is 0 Å². The number of nitrogens with one attached hydrogen (secondary N) is 1. The number of aromatic nitrogens is 2. The predicted molar refractivity (Wildman–Crippen MR) is 71.6 cm³/mol. The van der Waals surface area contributed by atoms with Gasteiger partial charge < -0.3 is 10.7 Å². The zero-order chi connectivity index (χ0) is 13.0. The molecule has 3 N–H and O–H groups in total. The van der Waals surface area contributed by atoms with Crippen molar-refractivity contribution in [1.82, 2.24) is 9.97 Å². The molecule has 0 atom stereocenters. The Kier molecular flexibility index (Phi) is 3.89. The molecule has 0 aliphatic rings. The van der Waals surface area contributed by atoms with E-state index in [2.05, 4.69) is 9.97 Å². The van der Waals surface area contributed by atoms with Crippen LogP contribution in [0.15, 0.2) is 35.1 Å². The lowest BCUT2D eigenvalue weighted by Gasteiger charge is -2.06. The van der Waals surface area contributed by atoms with Crippen molar-refractivity contribution in [2.24, 2.45) is 5.73 Å². The van der Waals surface area contributed by atoms with Gasteiger partial charge in [0.15, 0.2) is 0 Å². The van der Waals surface area contributed by atoms with Crippen LogP contribution in [0.25, 0.3) is 0 Å². The summed E-state index contributed by atoms with van der Waals surface area (Å²) in [7, 11) is 0. The van der Waals surface area contributed by atoms with Crippen LogP contribution in [0.1, 0.15) is 22.6 Å². The van der Waals surface area contributed by atoms with Crippen LogP contribution in [-0.2, 0) is 12.8 Å². The van der Waals surface area contributed by atoms with Gasteiger partial charge in [0.2, 0.25) is 0 Å². The largest absolute Gasteiger partial charge is 0.330 e. The molecule has 4 heteroatoms. The Hall–Kier alpha value is -1.94. The number of hydrogen-bond acceptors (Lipinski definition) is 3. The fourth-order valence-electron chi connectivity index (χ4n) is 1.98. The maximum absolute atomic E-state index is 11.9. The number of aryl methyl sites for hydroxylation is 1. The Balaban J connectivity index is 2.28. The molecule has 2 aromatic rings. The van der Waals surface area contributed by atoms with Crippen LogP contribution >= 0.6 is 0 Å². The van der Waals surface area contributed by atoms with Gasteiger partial charge in [-0.25, -0.2) is 4.98 Å². The summed E-state index contributed by atoms with van der Waals surface area (Å²) in [5, 5.41) is 0. The van der Waals surface area contributed by atoms with E-state index in [9.17, 15) is 4.79 Å². The average molecular weight is 243 g/mol. The van der Waals surface area contributed by atoms with Crippen molar-refractivity contribution < 1.29 is 0 Å². The molecule has 2 rings (SSSR count). The second kappa shape index (κ2) is 5.60. The second-order valence-electron chi connectivity index (χ2n) is 4.28. The van der Waals surface area contributed by atoms with E-state index in [-0.39, 0.29) is 5.56 Å². The second-order valence-corrected chi connectivity index (χ2v) is 4.28. The summed E-state index contributed by atoms with van der Waals surface area (Å²) in [5.41, 5.74) is 8.00. The van der Waals surface area contributed by atoms with E-state index in [1.807, 2.05) is 37.3 Å². The molecular formula is C14H17N3O. The minimum atomic E-state index is -0.0705. The van der Waals surface area contributed by atoms with Crippen LogP contribution in [0, 0.1) is 6.92 Å². The summed E-state index contributed by atoms with van der Waals surface area (Å²) in [6.45, 7) is 2.32. The normalized spacial score (nSPS) is 10.6. The molecule has 0 spiro atoms. The fraction of sp³-hybridized carbons (Fsp3) is 0.286. The number of nitrogens with zero attached hydrogens (tertiary/aromatic N) is 1. The Bertz CT molecular complexity index is 575. The molecule has 1 heterocycles. The first-order chi connectivity index (χ1) is 8.70. The van der Waals surface area contributed by atoms with Gasteiger partial charge in [-0.05, 0) is 25.5 Å². The fourth-order valence-corrected chi connectivity index (χ4v) is 1.98. The Morgan fingerprint density at radius 3 is 2.61 bits per heavy atom. The van der Waals surface area contributed by atoms with E-state index in [1.54, 1.807) is 0 Å². The van der Waals surface area contributed by atoms with Gasteiger partial charge in [-0.2, -0.15) is 0 Å². The standard InChI is InChI=1S/C14H17N3O/c1-10-12(7-8-15)14(18)17-13(16-10)9-11-5-3-2-4-6-11/h2-6H,7-9,15H2,1H3,(H,16,17,18). The van der Waals surface area contributed by atoms with Crippen molar-refractivity contribution in [3.63, 3.8) is 0 Å². The minimum absolute atomic E-state index is 0.0705. The minimum Gasteiger partial charge on any atom is -0.330 e. The van der Waals surface area contributed by atoms with Crippen LogP contribution in [0.4, 0.5) is 0 Å². The van der Waals surface area contributed by atoms with Crippen molar-refractivity contribution in [1.29, 1.82) is 0 Å². The highest BCUT2D eigenvalue weighted by Crippen LogP contribution is 2.06. The molecule has 0 saturated carbocycles. The Labute approximate surface area is 106 Å². The third-order valence-electron chi connectivity index (χ3n) is 2.88. The molecule has 18 heavy (non-hydrogen) atoms. The molecule has 0 saturated heterocycles. The van der Waals surface area contributed by atoms with Gasteiger partial charge in [0.05, 0.1) is 0 Å². The van der Waals surface area contributed by atoms with Gasteiger partial charge >= 0.3 is 0 Å². The quantitative estimate of drug-likeness (QED) is 0.846. The highest BCUT2D eigenvalue weighted by atomic mass is 16.1. The Morgan fingerprint density at radius 2 is 2.00 bits per heavy atom. The van der Waals surface area contributed by atoms with E-state index >= 15 is 0 Å². The Morgan fingerprint density at radius 1 is 1.28 bits per heavy atom. The number of benzene rings is 1. The maximum atomic E-state index is 11.9. The number of hydrogen-bond donors (Lipinski definition) is 2. The van der Waals surface area contributed by atoms with Gasteiger partial charge in [-0.15, -0.1) is 0 Å². The number of H-pyrrole nitrogens is 1. The molecule has 94 valence electrons. The molecule has 0 aliphatic heterocycles. The van der Waals surface area contributed by atoms with Crippen molar-refractivity contribution in [3.8, 4) is 0 Å². The van der Waals surface area contributed by atoms with Crippen molar-refractivity contribution in [2.75, 3.05) is 6.54 Å². The highest BCUT2D eigenvalue weighted by molar-refractivity contribution is 5.22. The smallest absolute Gasteiger partial charge is 0.254 e. The predicted octanol–water partition coefficient (Wildman–Crippen LogP) is 1.17. The molecule has 1 aromatic heterocycles. The first-order valence-corrected chi connectivity index (χ1v) is 6.03. The van der Waals surface area contributed by atoms with Crippen LogP contribution in [0.3, 0.4) is 0 Å². The van der Waals surface area contributed by atoms with E-state index in [1.165, 1.54) is 0 Å². The van der Waals surface area contributed by atoms with Crippen LogP contribution in [0.5, 0.6) is 0 Å². The van der Waals surface area contributed by atoms with E-state index in [0.717, 1.165) is 11.3 Å². The van der Waals surface area contributed by atoms with Gasteiger partial charge in [0, 0.05) is 17.7 Å². The molecule has 0 unspecified atom stereocenters. The lowest BCUT2D eigenvalue weighted by molar-refractivity contribution is 0.852. The molecule has 0 aliphatic carbocycles. The zero-order valence-electron chi connectivity index (χ0n) is 10.4. The van der Waals surface area contributed by atoms with Crippen molar-refractivity contribution in [2.45, 2.75) is 19.8 Å². The molecule has 0 radical (unpaired) electrons. The average Bonchev–Trinajstić information content (AvgIpc) is 2.35. The van der Waals surface area contributed by atoms with E-state index in [4.69, 9.17) is 5.73 Å². The van der Waals surface area contributed by atoms with Crippen LogP contribution in [-0.4, -0.2) is 16.5 Å². The summed E-state index contributed by atoms with van der Waals surface area (Å²) in [6.07, 6.45) is 1.21.